The van der Waals surface area contributed by atoms with Gasteiger partial charge in [-0.2, -0.15) is 5.21 Å². The monoisotopic (exact) mass is 321 g/mol. The van der Waals surface area contributed by atoms with Crippen molar-refractivity contribution in [1.29, 1.82) is 0 Å². The van der Waals surface area contributed by atoms with Gasteiger partial charge in [-0.05, 0) is 39.0 Å². The summed E-state index contributed by atoms with van der Waals surface area (Å²) >= 11 is 0. The number of hydrogen-bond donors (Lipinski definition) is 2. The Kier molecular flexibility index (Phi) is 5.46. The summed E-state index contributed by atoms with van der Waals surface area (Å²) in [7, 11) is 0. The Bertz CT molecular complexity index is 584. The number of rotatable bonds is 5. The summed E-state index contributed by atoms with van der Waals surface area (Å²) in [4.78, 5) is 24.9. The van der Waals surface area contributed by atoms with Crippen LogP contribution in [-0.4, -0.2) is 55.6 Å². The molecule has 0 radical (unpaired) electrons. The molecule has 0 saturated carbocycles. The number of tetrazole rings is 1. The first-order chi connectivity index (χ1) is 10.9. The number of carbonyl (C=O) groups is 2. The fraction of sp³-hybridized carbons (Fsp3) is 0.667. The van der Waals surface area contributed by atoms with Gasteiger partial charge in [-0.25, -0.2) is 4.79 Å². The van der Waals surface area contributed by atoms with Gasteiger partial charge >= 0.3 is 5.97 Å². The van der Waals surface area contributed by atoms with Crippen LogP contribution in [0.15, 0.2) is 11.1 Å². The number of nitrogens with zero attached hydrogens (tertiary/aromatic N) is 4. The highest BCUT2D eigenvalue weighted by molar-refractivity contribution is 5.89. The van der Waals surface area contributed by atoms with Gasteiger partial charge in [0.25, 0.3) is 0 Å². The minimum Gasteiger partial charge on any atom is -0.478 e. The zero-order valence-electron chi connectivity index (χ0n) is 13.7. The van der Waals surface area contributed by atoms with E-state index < -0.39 is 5.97 Å². The molecule has 0 aliphatic carbocycles. The summed E-state index contributed by atoms with van der Waals surface area (Å²) in [6, 6.07) is 0. The Morgan fingerprint density at radius 3 is 2.39 bits per heavy atom. The molecule has 1 atom stereocenters. The highest BCUT2D eigenvalue weighted by Gasteiger charge is 2.31. The quantitative estimate of drug-likeness (QED) is 0.792. The second-order valence-corrected chi connectivity index (χ2v) is 6.23. The fourth-order valence-corrected chi connectivity index (χ4v) is 3.20. The number of carbonyl (C=O) groups excluding carboxylic acids is 1. The van der Waals surface area contributed by atoms with Crippen molar-refractivity contribution in [2.24, 2.45) is 5.92 Å². The van der Waals surface area contributed by atoms with Crippen molar-refractivity contribution in [1.82, 2.24) is 25.5 Å². The molecule has 8 heteroatoms. The molecule has 1 amide bonds. The summed E-state index contributed by atoms with van der Waals surface area (Å²) in [5.74, 6) is -0.486. The molecule has 2 heterocycles. The zero-order chi connectivity index (χ0) is 17.0. The van der Waals surface area contributed by atoms with Gasteiger partial charge in [-0.15, -0.1) is 10.2 Å². The predicted molar refractivity (Wildman–Crippen MR) is 82.5 cm³/mol. The lowest BCUT2D eigenvalue weighted by Crippen LogP contribution is -2.37. The summed E-state index contributed by atoms with van der Waals surface area (Å²) in [6.45, 7) is 6.59. The molecule has 1 aromatic rings. The first-order valence-electron chi connectivity index (χ1n) is 7.79. The number of aliphatic carboxylic acids is 1. The van der Waals surface area contributed by atoms with Crippen LogP contribution in [-0.2, 0) is 9.59 Å². The van der Waals surface area contributed by atoms with Gasteiger partial charge in [0.2, 0.25) is 5.91 Å². The molecular weight excluding hydrogens is 298 g/mol. The summed E-state index contributed by atoms with van der Waals surface area (Å²) in [5, 5.41) is 23.5. The van der Waals surface area contributed by atoms with Crippen molar-refractivity contribution in [2.45, 2.75) is 46.0 Å². The van der Waals surface area contributed by atoms with E-state index in [4.69, 9.17) is 0 Å². The molecule has 1 aliphatic rings. The van der Waals surface area contributed by atoms with E-state index in [0.717, 1.165) is 31.5 Å². The van der Waals surface area contributed by atoms with Crippen LogP contribution in [0.5, 0.6) is 0 Å². The Morgan fingerprint density at radius 1 is 1.30 bits per heavy atom. The van der Waals surface area contributed by atoms with E-state index in [1.54, 1.807) is 20.8 Å². The molecule has 1 aliphatic heterocycles. The van der Waals surface area contributed by atoms with Crippen molar-refractivity contribution >= 4 is 11.9 Å². The molecule has 0 unspecified atom stereocenters. The van der Waals surface area contributed by atoms with E-state index in [1.165, 1.54) is 0 Å². The number of piperidine rings is 1. The van der Waals surface area contributed by atoms with Crippen LogP contribution in [0.25, 0.3) is 0 Å². The third kappa shape index (κ3) is 4.14. The van der Waals surface area contributed by atoms with Crippen LogP contribution in [0.2, 0.25) is 0 Å². The average Bonchev–Trinajstić information content (AvgIpc) is 3.00. The topological polar surface area (TPSA) is 112 Å². The molecule has 2 N–H and O–H groups in total. The van der Waals surface area contributed by atoms with Crippen LogP contribution in [0.3, 0.4) is 0 Å². The molecule has 0 bridgehead atoms. The van der Waals surface area contributed by atoms with Crippen LogP contribution in [0.4, 0.5) is 0 Å². The Balaban J connectivity index is 2.16. The van der Waals surface area contributed by atoms with Crippen LogP contribution >= 0.6 is 0 Å². The zero-order valence-corrected chi connectivity index (χ0v) is 13.7. The highest BCUT2D eigenvalue weighted by Crippen LogP contribution is 2.34. The third-order valence-electron chi connectivity index (χ3n) is 4.42. The summed E-state index contributed by atoms with van der Waals surface area (Å²) < 4.78 is 0. The van der Waals surface area contributed by atoms with Gasteiger partial charge in [0.15, 0.2) is 5.82 Å². The minimum absolute atomic E-state index is 0.0914. The number of carboxylic acids is 1. The highest BCUT2D eigenvalue weighted by atomic mass is 16.4. The first kappa shape index (κ1) is 17.1. The number of H-pyrrole nitrogens is 1. The number of hydrogen-bond acceptors (Lipinski definition) is 5. The van der Waals surface area contributed by atoms with Gasteiger partial charge in [-0.1, -0.05) is 10.8 Å². The Hall–Kier alpha value is -2.25. The van der Waals surface area contributed by atoms with Gasteiger partial charge < -0.3 is 10.0 Å². The molecule has 1 aromatic heterocycles. The van der Waals surface area contributed by atoms with Crippen LogP contribution < -0.4 is 0 Å². The fourth-order valence-electron chi connectivity index (χ4n) is 3.20. The number of aromatic nitrogens is 4. The lowest BCUT2D eigenvalue weighted by atomic mass is 9.82. The number of allylic oxidation sites excluding steroid dienone is 1. The number of aromatic amines is 1. The lowest BCUT2D eigenvalue weighted by Gasteiger charge is -2.32. The molecule has 0 aromatic carbocycles. The molecule has 1 saturated heterocycles. The molecule has 8 nitrogen and oxygen atoms in total. The van der Waals surface area contributed by atoms with Crippen molar-refractivity contribution < 1.29 is 14.7 Å². The molecule has 23 heavy (non-hydrogen) atoms. The number of nitrogens with one attached hydrogen (secondary N) is 1. The Morgan fingerprint density at radius 2 is 1.96 bits per heavy atom. The van der Waals surface area contributed by atoms with Crippen molar-refractivity contribution in [2.75, 3.05) is 13.1 Å². The van der Waals surface area contributed by atoms with Crippen molar-refractivity contribution in [3.05, 3.63) is 17.0 Å². The summed E-state index contributed by atoms with van der Waals surface area (Å²) in [6.07, 6.45) is 2.38. The van der Waals surface area contributed by atoms with E-state index in [2.05, 4.69) is 20.6 Å². The maximum atomic E-state index is 11.7. The van der Waals surface area contributed by atoms with Crippen molar-refractivity contribution in [3.8, 4) is 0 Å². The molecular formula is C15H23N5O3. The maximum absolute atomic E-state index is 11.7. The smallest absolute Gasteiger partial charge is 0.332 e. The first-order valence-corrected chi connectivity index (χ1v) is 7.79. The second-order valence-electron chi connectivity index (χ2n) is 6.23. The van der Waals surface area contributed by atoms with Crippen LogP contribution in [0, 0.1) is 5.92 Å². The van der Waals surface area contributed by atoms with Crippen LogP contribution in [0.1, 0.15) is 51.8 Å². The van der Waals surface area contributed by atoms with Crippen molar-refractivity contribution in [3.63, 3.8) is 0 Å². The minimum atomic E-state index is -0.944. The standard InChI is InChI=1S/C15H23N5O3/c1-9(2)13(15(22)23)12(14-16-18-19-17-14)8-11-4-6-20(7-5-11)10(3)21/h11-12H,4-8H2,1-3H3,(H,22,23)(H,16,17,18,19)/t12-/m0/s1. The van der Waals surface area contributed by atoms with E-state index in [9.17, 15) is 14.7 Å². The van der Waals surface area contributed by atoms with E-state index >= 15 is 0 Å². The lowest BCUT2D eigenvalue weighted by molar-refractivity contribution is -0.133. The maximum Gasteiger partial charge on any atom is 0.332 e. The van der Waals surface area contributed by atoms with E-state index in [-0.39, 0.29) is 11.8 Å². The van der Waals surface area contributed by atoms with Gasteiger partial charge in [0.1, 0.15) is 0 Å². The number of amides is 1. The molecule has 1 fully saturated rings. The van der Waals surface area contributed by atoms with E-state index in [1.807, 2.05) is 4.90 Å². The van der Waals surface area contributed by atoms with Gasteiger partial charge in [-0.3, -0.25) is 4.79 Å². The molecule has 0 spiro atoms. The van der Waals surface area contributed by atoms with Gasteiger partial charge in [0.05, 0.1) is 5.92 Å². The van der Waals surface area contributed by atoms with E-state index in [0.29, 0.717) is 23.7 Å². The van der Waals surface area contributed by atoms with Gasteiger partial charge in [0, 0.05) is 25.6 Å². The second kappa shape index (κ2) is 7.34. The average molecular weight is 321 g/mol. The SMILES string of the molecule is CC(=O)N1CCC(C[C@@H](C(C(=O)O)=C(C)C)c2nn[nH]n2)CC1. The molecule has 2 rings (SSSR count). The summed E-state index contributed by atoms with van der Waals surface area (Å²) in [5.41, 5.74) is 1.08. The number of likely N-dealkylation sites (tertiary alicyclic amines) is 1. The number of carboxylic acid groups (broad SMARTS) is 1. The molecule has 126 valence electrons. The third-order valence-corrected chi connectivity index (χ3v) is 4.42. The Labute approximate surface area is 134 Å². The predicted octanol–water partition coefficient (Wildman–Crippen LogP) is 1.35. The largest absolute Gasteiger partial charge is 0.478 e. The normalized spacial score (nSPS) is 16.9.